The largest absolute Gasteiger partial charge is 0.492 e. The quantitative estimate of drug-likeness (QED) is 0.696. The Hall–Kier alpha value is -2.87. The molecule has 8 heteroatoms. The number of piperazine rings is 1. The van der Waals surface area contributed by atoms with Gasteiger partial charge in [0, 0.05) is 13.1 Å². The van der Waals surface area contributed by atoms with Crippen molar-refractivity contribution >= 4 is 17.7 Å². The number of carbonyl (C=O) groups excluding carboxylic acids is 3. The second-order valence-corrected chi connectivity index (χ2v) is 7.93. The number of hydrogen-bond acceptors (Lipinski definition) is 5. The van der Waals surface area contributed by atoms with Crippen LogP contribution in [0.3, 0.4) is 0 Å². The van der Waals surface area contributed by atoms with Crippen LogP contribution in [0.25, 0.3) is 0 Å². The number of benzene rings is 1. The van der Waals surface area contributed by atoms with Crippen LogP contribution in [0.4, 0.5) is 0 Å². The van der Waals surface area contributed by atoms with Crippen LogP contribution in [-0.4, -0.2) is 78.6 Å². The molecule has 0 aliphatic carbocycles. The van der Waals surface area contributed by atoms with Crippen molar-refractivity contribution in [3.05, 3.63) is 42.5 Å². The first kappa shape index (κ1) is 18.2. The molecule has 4 aliphatic heterocycles. The molecule has 8 nitrogen and oxygen atoms in total. The Kier molecular flexibility index (Phi) is 4.31. The Bertz CT molecular complexity index is 872. The van der Waals surface area contributed by atoms with Crippen LogP contribution >= 0.6 is 0 Å². The lowest BCUT2D eigenvalue weighted by Gasteiger charge is -2.32. The summed E-state index contributed by atoms with van der Waals surface area (Å²) in [6.45, 7) is 2.16. The molecule has 0 saturated carbocycles. The van der Waals surface area contributed by atoms with Crippen LogP contribution in [0.1, 0.15) is 0 Å². The monoisotopic (exact) mass is 397 g/mol. The zero-order valence-corrected chi connectivity index (χ0v) is 16.0. The number of carbonyl (C=O) groups is 3. The lowest BCUT2D eigenvalue weighted by molar-refractivity contribution is -0.146. The van der Waals surface area contributed by atoms with Crippen molar-refractivity contribution in [2.45, 2.75) is 11.7 Å². The second kappa shape index (κ2) is 6.88. The molecular formula is C21H23N3O5. The maximum Gasteiger partial charge on any atom is 0.239 e. The van der Waals surface area contributed by atoms with E-state index in [-0.39, 0.29) is 24.3 Å². The average molecular weight is 397 g/mol. The van der Waals surface area contributed by atoms with E-state index in [4.69, 9.17) is 9.47 Å². The van der Waals surface area contributed by atoms with E-state index in [2.05, 4.69) is 5.32 Å². The maximum absolute atomic E-state index is 13.2. The van der Waals surface area contributed by atoms with Crippen LogP contribution in [0.5, 0.6) is 5.75 Å². The summed E-state index contributed by atoms with van der Waals surface area (Å²) in [7, 11) is 0. The molecule has 1 N–H and O–H groups in total. The van der Waals surface area contributed by atoms with Gasteiger partial charge in [0.2, 0.25) is 17.7 Å². The fraction of sp³-hybridized carbons (Fsp3) is 0.476. The minimum atomic E-state index is -0.743. The highest BCUT2D eigenvalue weighted by atomic mass is 16.5. The van der Waals surface area contributed by atoms with Gasteiger partial charge in [-0.15, -0.1) is 0 Å². The first-order valence-electron chi connectivity index (χ1n) is 9.97. The minimum Gasteiger partial charge on any atom is -0.492 e. The van der Waals surface area contributed by atoms with E-state index in [1.807, 2.05) is 42.5 Å². The van der Waals surface area contributed by atoms with Gasteiger partial charge >= 0.3 is 0 Å². The molecule has 29 heavy (non-hydrogen) atoms. The van der Waals surface area contributed by atoms with Crippen molar-refractivity contribution in [3.63, 3.8) is 0 Å². The van der Waals surface area contributed by atoms with Crippen molar-refractivity contribution in [2.75, 3.05) is 39.3 Å². The molecule has 1 spiro atoms. The summed E-state index contributed by atoms with van der Waals surface area (Å²) in [4.78, 5) is 41.3. The number of nitrogens with one attached hydrogen (secondary N) is 1. The molecule has 5 rings (SSSR count). The molecule has 1 aromatic rings. The van der Waals surface area contributed by atoms with Gasteiger partial charge < -0.3 is 24.6 Å². The van der Waals surface area contributed by atoms with Gasteiger partial charge in [0.1, 0.15) is 18.0 Å². The van der Waals surface area contributed by atoms with E-state index >= 15 is 0 Å². The number of fused-ring (bicyclic) bond motifs is 1. The molecule has 0 aromatic heterocycles. The molecule has 3 amide bonds. The average Bonchev–Trinajstić information content (AvgIpc) is 3.37. The molecule has 0 radical (unpaired) electrons. The summed E-state index contributed by atoms with van der Waals surface area (Å²) in [5.74, 6) is -0.766. The van der Waals surface area contributed by atoms with E-state index in [9.17, 15) is 14.4 Å². The Balaban J connectivity index is 1.28. The fourth-order valence-corrected chi connectivity index (χ4v) is 4.88. The van der Waals surface area contributed by atoms with Gasteiger partial charge in [-0.2, -0.15) is 0 Å². The van der Waals surface area contributed by atoms with Gasteiger partial charge in [0.25, 0.3) is 0 Å². The lowest BCUT2D eigenvalue weighted by Crippen LogP contribution is -2.54. The number of amides is 3. The minimum absolute atomic E-state index is 0.0360. The molecule has 3 saturated heterocycles. The van der Waals surface area contributed by atoms with Crippen molar-refractivity contribution in [1.29, 1.82) is 0 Å². The zero-order chi connectivity index (χ0) is 20.0. The van der Waals surface area contributed by atoms with Gasteiger partial charge in [0.05, 0.1) is 37.6 Å². The first-order chi connectivity index (χ1) is 14.1. The van der Waals surface area contributed by atoms with Crippen LogP contribution in [0.2, 0.25) is 0 Å². The molecule has 152 valence electrons. The summed E-state index contributed by atoms with van der Waals surface area (Å²) in [6.07, 6.45) is 3.43. The summed E-state index contributed by atoms with van der Waals surface area (Å²) in [5.41, 5.74) is -0.743. The Morgan fingerprint density at radius 3 is 2.90 bits per heavy atom. The third-order valence-corrected chi connectivity index (χ3v) is 6.19. The van der Waals surface area contributed by atoms with Gasteiger partial charge in [-0.25, -0.2) is 0 Å². The highest BCUT2D eigenvalue weighted by molar-refractivity contribution is 5.94. The number of hydrogen-bond donors (Lipinski definition) is 1. The topological polar surface area (TPSA) is 88.2 Å². The molecule has 2 unspecified atom stereocenters. The maximum atomic E-state index is 13.2. The van der Waals surface area contributed by atoms with Crippen molar-refractivity contribution in [3.8, 4) is 5.75 Å². The van der Waals surface area contributed by atoms with Crippen LogP contribution in [-0.2, 0) is 19.1 Å². The number of nitrogens with zero attached hydrogens (tertiary/aromatic N) is 2. The highest BCUT2D eigenvalue weighted by Gasteiger charge is 2.67. The van der Waals surface area contributed by atoms with Crippen LogP contribution in [0, 0.1) is 11.8 Å². The molecule has 3 fully saturated rings. The standard InChI is InChI=1S/C21H23N3O5/c25-16-12-23(9-8-22-16)19(26)17-15-6-7-21(29-15)13-24(20(27)18(17)21)10-11-28-14-4-2-1-3-5-14/h1-7,15,17-18H,8-13H2,(H,22,25)/t15-,17?,18?,21-/m1/s1. The molecule has 2 bridgehead atoms. The van der Waals surface area contributed by atoms with Crippen molar-refractivity contribution in [1.82, 2.24) is 15.1 Å². The number of ether oxygens (including phenoxy) is 2. The van der Waals surface area contributed by atoms with Gasteiger partial charge in [0.15, 0.2) is 0 Å². The number of para-hydroxylation sites is 1. The van der Waals surface area contributed by atoms with E-state index in [0.717, 1.165) is 5.75 Å². The highest BCUT2D eigenvalue weighted by Crippen LogP contribution is 2.52. The summed E-state index contributed by atoms with van der Waals surface area (Å²) in [6, 6.07) is 9.45. The number of likely N-dealkylation sites (tertiary alicyclic amines) is 1. The van der Waals surface area contributed by atoms with Crippen LogP contribution in [0.15, 0.2) is 42.5 Å². The molecule has 4 heterocycles. The smallest absolute Gasteiger partial charge is 0.239 e. The van der Waals surface area contributed by atoms with Crippen LogP contribution < -0.4 is 10.1 Å². The molecular weight excluding hydrogens is 374 g/mol. The Labute approximate surface area is 168 Å². The predicted molar refractivity (Wildman–Crippen MR) is 102 cm³/mol. The summed E-state index contributed by atoms with van der Waals surface area (Å²) >= 11 is 0. The van der Waals surface area contributed by atoms with Gasteiger partial charge in [-0.1, -0.05) is 30.4 Å². The third kappa shape index (κ3) is 2.98. The van der Waals surface area contributed by atoms with Crippen molar-refractivity contribution in [2.24, 2.45) is 11.8 Å². The first-order valence-corrected chi connectivity index (χ1v) is 9.97. The molecule has 4 atom stereocenters. The van der Waals surface area contributed by atoms with E-state index in [1.54, 1.807) is 9.80 Å². The Morgan fingerprint density at radius 2 is 2.10 bits per heavy atom. The fourth-order valence-electron chi connectivity index (χ4n) is 4.88. The van der Waals surface area contributed by atoms with Gasteiger partial charge in [-0.3, -0.25) is 14.4 Å². The second-order valence-electron chi connectivity index (χ2n) is 7.93. The van der Waals surface area contributed by atoms with E-state index < -0.39 is 23.5 Å². The SMILES string of the molecule is O=C1CN(C(=O)C2C3C(=O)N(CCOc4ccccc4)C[C@]34C=C[C@H]2O4)CCN1. The van der Waals surface area contributed by atoms with Gasteiger partial charge in [-0.05, 0) is 12.1 Å². The Morgan fingerprint density at radius 1 is 1.28 bits per heavy atom. The lowest BCUT2D eigenvalue weighted by atomic mass is 9.76. The van der Waals surface area contributed by atoms with E-state index in [1.165, 1.54) is 0 Å². The normalized spacial score (nSPS) is 32.5. The zero-order valence-electron chi connectivity index (χ0n) is 16.0. The van der Waals surface area contributed by atoms with Crippen molar-refractivity contribution < 1.29 is 23.9 Å². The number of rotatable bonds is 5. The molecule has 1 aromatic carbocycles. The third-order valence-electron chi connectivity index (χ3n) is 6.19. The predicted octanol–water partition coefficient (Wildman–Crippen LogP) is -0.194. The summed E-state index contributed by atoms with van der Waals surface area (Å²) < 4.78 is 11.9. The molecule has 4 aliphatic rings. The van der Waals surface area contributed by atoms with E-state index in [0.29, 0.717) is 32.8 Å². The summed E-state index contributed by atoms with van der Waals surface area (Å²) in [5, 5.41) is 2.72.